The summed E-state index contributed by atoms with van der Waals surface area (Å²) in [7, 11) is 0. The van der Waals surface area contributed by atoms with Gasteiger partial charge in [-0.15, -0.1) is 0 Å². The van der Waals surface area contributed by atoms with E-state index in [9.17, 15) is 9.59 Å². The highest BCUT2D eigenvalue weighted by Crippen LogP contribution is 2.29. The summed E-state index contributed by atoms with van der Waals surface area (Å²) in [5, 5.41) is 5.49. The largest absolute Gasteiger partial charge is 0.490 e. The molecule has 7 nitrogen and oxygen atoms in total. The van der Waals surface area contributed by atoms with Gasteiger partial charge in [-0.1, -0.05) is 6.92 Å². The van der Waals surface area contributed by atoms with Gasteiger partial charge in [-0.3, -0.25) is 9.59 Å². The van der Waals surface area contributed by atoms with Crippen molar-refractivity contribution in [2.75, 3.05) is 31.7 Å². The number of amides is 2. The Balaban J connectivity index is 2.00. The molecule has 0 bridgehead atoms. The van der Waals surface area contributed by atoms with Crippen molar-refractivity contribution >= 4 is 17.5 Å². The summed E-state index contributed by atoms with van der Waals surface area (Å²) in [4.78, 5) is 24.0. The van der Waals surface area contributed by atoms with Gasteiger partial charge in [0.2, 0.25) is 0 Å². The van der Waals surface area contributed by atoms with E-state index in [1.165, 1.54) is 0 Å². The van der Waals surface area contributed by atoms with Gasteiger partial charge in [0, 0.05) is 17.8 Å². The van der Waals surface area contributed by atoms with Gasteiger partial charge >= 0.3 is 0 Å². The van der Waals surface area contributed by atoms with E-state index >= 15 is 0 Å². The Kier molecular flexibility index (Phi) is 8.82. The number of nitrogens with one attached hydrogen (secondary N) is 2. The molecule has 0 unspecified atom stereocenters. The molecular formula is C22H28N2O5. The highest BCUT2D eigenvalue weighted by Gasteiger charge is 2.12. The first-order valence-corrected chi connectivity index (χ1v) is 9.77. The van der Waals surface area contributed by atoms with Crippen molar-refractivity contribution in [3.63, 3.8) is 0 Å². The summed E-state index contributed by atoms with van der Waals surface area (Å²) in [6.07, 6.45) is 0.886. The topological polar surface area (TPSA) is 85.9 Å². The van der Waals surface area contributed by atoms with E-state index in [2.05, 4.69) is 10.6 Å². The number of carbonyl (C=O) groups excluding carboxylic acids is 2. The van der Waals surface area contributed by atoms with Gasteiger partial charge in [0.1, 0.15) is 5.75 Å². The normalized spacial score (nSPS) is 10.2. The van der Waals surface area contributed by atoms with E-state index in [0.717, 1.165) is 6.42 Å². The zero-order valence-corrected chi connectivity index (χ0v) is 17.1. The van der Waals surface area contributed by atoms with Crippen molar-refractivity contribution in [2.45, 2.75) is 27.2 Å². The average molecular weight is 400 g/mol. The molecule has 0 aliphatic heterocycles. The van der Waals surface area contributed by atoms with Gasteiger partial charge in [0.15, 0.2) is 18.1 Å². The molecule has 2 amide bonds. The number of hydrogen-bond acceptors (Lipinski definition) is 5. The summed E-state index contributed by atoms with van der Waals surface area (Å²) < 4.78 is 16.7. The van der Waals surface area contributed by atoms with Gasteiger partial charge in [-0.25, -0.2) is 0 Å². The van der Waals surface area contributed by atoms with Crippen LogP contribution in [0, 0.1) is 0 Å². The maximum atomic E-state index is 12.6. The second kappa shape index (κ2) is 11.6. The van der Waals surface area contributed by atoms with E-state index in [1.807, 2.05) is 20.8 Å². The average Bonchev–Trinajstić information content (AvgIpc) is 2.72. The van der Waals surface area contributed by atoms with Crippen LogP contribution in [0.4, 0.5) is 5.69 Å². The number of rotatable bonds is 11. The Bertz CT molecular complexity index is 805. The molecule has 0 saturated heterocycles. The van der Waals surface area contributed by atoms with Crippen LogP contribution < -0.4 is 24.8 Å². The summed E-state index contributed by atoms with van der Waals surface area (Å²) in [6.45, 7) is 7.32. The van der Waals surface area contributed by atoms with E-state index < -0.39 is 0 Å². The van der Waals surface area contributed by atoms with Gasteiger partial charge in [0.05, 0.1) is 13.2 Å². The van der Waals surface area contributed by atoms with Crippen molar-refractivity contribution in [2.24, 2.45) is 0 Å². The number of likely N-dealkylation sites (N-methyl/N-ethyl adjacent to an activating group) is 1. The van der Waals surface area contributed by atoms with Gasteiger partial charge in [0.25, 0.3) is 11.8 Å². The first-order valence-electron chi connectivity index (χ1n) is 9.77. The highest BCUT2D eigenvalue weighted by molar-refractivity contribution is 6.04. The second-order valence-corrected chi connectivity index (χ2v) is 6.16. The Hall–Kier alpha value is -3.22. The quantitative estimate of drug-likeness (QED) is 0.601. The van der Waals surface area contributed by atoms with Crippen LogP contribution in [-0.2, 0) is 4.79 Å². The van der Waals surface area contributed by atoms with Crippen molar-refractivity contribution in [1.29, 1.82) is 0 Å². The SMILES string of the molecule is CCCOc1ccc(C(=O)Nc2ccc(OCC(=O)NCC)cc2)cc1OCC. The van der Waals surface area contributed by atoms with Crippen LogP contribution in [0.25, 0.3) is 0 Å². The fourth-order valence-corrected chi connectivity index (χ4v) is 2.48. The Morgan fingerprint density at radius 1 is 0.897 bits per heavy atom. The molecule has 2 aromatic carbocycles. The molecule has 0 aliphatic carbocycles. The van der Waals surface area contributed by atoms with Crippen molar-refractivity contribution < 1.29 is 23.8 Å². The molecule has 0 aromatic heterocycles. The fourth-order valence-electron chi connectivity index (χ4n) is 2.48. The molecule has 0 saturated carbocycles. The predicted molar refractivity (Wildman–Crippen MR) is 112 cm³/mol. The highest BCUT2D eigenvalue weighted by atomic mass is 16.5. The number of anilines is 1. The first kappa shape index (κ1) is 22.1. The van der Waals surface area contributed by atoms with E-state index in [-0.39, 0.29) is 18.4 Å². The predicted octanol–water partition coefficient (Wildman–Crippen LogP) is 3.64. The number of hydrogen-bond donors (Lipinski definition) is 2. The molecule has 0 spiro atoms. The minimum Gasteiger partial charge on any atom is -0.490 e. The Morgan fingerprint density at radius 2 is 1.66 bits per heavy atom. The summed E-state index contributed by atoms with van der Waals surface area (Å²) in [5.41, 5.74) is 1.08. The van der Waals surface area contributed by atoms with Crippen LogP contribution in [0.5, 0.6) is 17.2 Å². The molecule has 2 rings (SSSR count). The van der Waals surface area contributed by atoms with Crippen molar-refractivity contribution in [3.8, 4) is 17.2 Å². The third-order valence-electron chi connectivity index (χ3n) is 3.82. The number of benzene rings is 2. The lowest BCUT2D eigenvalue weighted by Gasteiger charge is -2.13. The van der Waals surface area contributed by atoms with E-state index in [0.29, 0.717) is 48.3 Å². The lowest BCUT2D eigenvalue weighted by atomic mass is 10.1. The maximum Gasteiger partial charge on any atom is 0.257 e. The molecule has 29 heavy (non-hydrogen) atoms. The minimum atomic E-state index is -0.260. The molecular weight excluding hydrogens is 372 g/mol. The van der Waals surface area contributed by atoms with Gasteiger partial charge in [-0.2, -0.15) is 0 Å². The standard InChI is InChI=1S/C22H28N2O5/c1-4-13-28-19-12-7-16(14-20(19)27-6-3)22(26)24-17-8-10-18(11-9-17)29-15-21(25)23-5-2/h7-12,14H,4-6,13,15H2,1-3H3,(H,23,25)(H,24,26). The second-order valence-electron chi connectivity index (χ2n) is 6.16. The summed E-state index contributed by atoms with van der Waals surface area (Å²) in [6, 6.07) is 11.9. The molecule has 0 atom stereocenters. The molecule has 0 heterocycles. The van der Waals surface area contributed by atoms with Crippen LogP contribution in [0.2, 0.25) is 0 Å². The number of carbonyl (C=O) groups is 2. The molecule has 7 heteroatoms. The molecule has 156 valence electrons. The maximum absolute atomic E-state index is 12.6. The molecule has 0 aliphatic rings. The zero-order chi connectivity index (χ0) is 21.1. The van der Waals surface area contributed by atoms with Crippen molar-refractivity contribution in [1.82, 2.24) is 5.32 Å². The minimum absolute atomic E-state index is 0.0494. The number of ether oxygens (including phenoxy) is 3. The fraction of sp³-hybridized carbons (Fsp3) is 0.364. The van der Waals surface area contributed by atoms with Crippen LogP contribution in [0.3, 0.4) is 0 Å². The molecule has 0 fully saturated rings. The Labute approximate surface area is 171 Å². The smallest absolute Gasteiger partial charge is 0.257 e. The van der Waals surface area contributed by atoms with E-state index in [1.54, 1.807) is 42.5 Å². The van der Waals surface area contributed by atoms with Crippen LogP contribution >= 0.6 is 0 Å². The van der Waals surface area contributed by atoms with Crippen LogP contribution in [-0.4, -0.2) is 38.2 Å². The van der Waals surface area contributed by atoms with Gasteiger partial charge in [-0.05, 0) is 62.7 Å². The lowest BCUT2D eigenvalue weighted by Crippen LogP contribution is -2.28. The first-order chi connectivity index (χ1) is 14.1. The molecule has 2 N–H and O–H groups in total. The van der Waals surface area contributed by atoms with Crippen molar-refractivity contribution in [3.05, 3.63) is 48.0 Å². The summed E-state index contributed by atoms with van der Waals surface area (Å²) in [5.74, 6) is 1.28. The monoisotopic (exact) mass is 400 g/mol. The van der Waals surface area contributed by atoms with E-state index in [4.69, 9.17) is 14.2 Å². The van der Waals surface area contributed by atoms with Crippen LogP contribution in [0.15, 0.2) is 42.5 Å². The third-order valence-corrected chi connectivity index (χ3v) is 3.82. The lowest BCUT2D eigenvalue weighted by molar-refractivity contribution is -0.122. The zero-order valence-electron chi connectivity index (χ0n) is 17.1. The summed E-state index contributed by atoms with van der Waals surface area (Å²) >= 11 is 0. The third kappa shape index (κ3) is 7.03. The van der Waals surface area contributed by atoms with Crippen LogP contribution in [0.1, 0.15) is 37.6 Å². The molecule has 0 radical (unpaired) electrons. The Morgan fingerprint density at radius 3 is 2.31 bits per heavy atom. The van der Waals surface area contributed by atoms with Gasteiger partial charge < -0.3 is 24.8 Å². The molecule has 2 aromatic rings.